The maximum atomic E-state index is 11.2. The van der Waals surface area contributed by atoms with Crippen LogP contribution in [0, 0.1) is 11.3 Å². The maximum Gasteiger partial charge on any atom is 0.0768 e. The van der Waals surface area contributed by atoms with Gasteiger partial charge in [-0.3, -0.25) is 0 Å². The molecule has 2 saturated heterocycles. The molecule has 16 heavy (non-hydrogen) atoms. The minimum Gasteiger partial charge on any atom is -0.389 e. The average molecular weight is 224 g/mol. The van der Waals surface area contributed by atoms with Gasteiger partial charge in [-0.15, -0.1) is 0 Å². The normalized spacial score (nSPS) is 46.1. The quantitative estimate of drug-likeness (QED) is 0.734. The molecule has 0 spiro atoms. The highest BCUT2D eigenvalue weighted by Crippen LogP contribution is 2.54. The summed E-state index contributed by atoms with van der Waals surface area (Å²) in [7, 11) is 0. The molecule has 0 aromatic rings. The molecule has 2 heterocycles. The first kappa shape index (κ1) is 11.0. The Labute approximate surface area is 98.0 Å². The molecule has 1 saturated carbocycles. The molecule has 0 aromatic heterocycles. The second-order valence-electron chi connectivity index (χ2n) is 6.15. The molecule has 2 aliphatic heterocycles. The second kappa shape index (κ2) is 3.69. The van der Waals surface area contributed by atoms with E-state index < -0.39 is 5.60 Å². The molecule has 3 unspecified atom stereocenters. The van der Waals surface area contributed by atoms with Crippen molar-refractivity contribution in [3.63, 3.8) is 0 Å². The summed E-state index contributed by atoms with van der Waals surface area (Å²) in [5.41, 5.74) is 5.64. The third kappa shape index (κ3) is 1.31. The molecule has 0 amide bonds. The first-order valence-electron chi connectivity index (χ1n) is 6.85. The van der Waals surface area contributed by atoms with Gasteiger partial charge in [-0.25, -0.2) is 0 Å². The van der Waals surface area contributed by atoms with Crippen molar-refractivity contribution in [3.8, 4) is 0 Å². The highest BCUT2D eigenvalue weighted by molar-refractivity contribution is 5.10. The first-order chi connectivity index (χ1) is 7.70. The summed E-state index contributed by atoms with van der Waals surface area (Å²) in [4.78, 5) is 2.50. The molecule has 3 rings (SSSR count). The molecule has 3 heteroatoms. The smallest absolute Gasteiger partial charge is 0.0768 e. The number of rotatable bonds is 2. The minimum absolute atomic E-state index is 0.0497. The topological polar surface area (TPSA) is 49.5 Å². The molecule has 3 aliphatic rings. The van der Waals surface area contributed by atoms with E-state index in [-0.39, 0.29) is 5.41 Å². The van der Waals surface area contributed by atoms with Crippen molar-refractivity contribution in [3.05, 3.63) is 0 Å². The third-order valence-corrected chi connectivity index (χ3v) is 5.63. The largest absolute Gasteiger partial charge is 0.389 e. The Hall–Kier alpha value is -0.120. The fourth-order valence-electron chi connectivity index (χ4n) is 4.52. The predicted octanol–water partition coefficient (Wildman–Crippen LogP) is 0.962. The molecule has 0 aromatic carbocycles. The van der Waals surface area contributed by atoms with Gasteiger partial charge < -0.3 is 15.7 Å². The van der Waals surface area contributed by atoms with Crippen LogP contribution in [0.3, 0.4) is 0 Å². The van der Waals surface area contributed by atoms with E-state index in [1.165, 1.54) is 25.8 Å². The fourth-order valence-corrected chi connectivity index (χ4v) is 4.52. The lowest BCUT2D eigenvalue weighted by molar-refractivity contribution is -0.138. The Morgan fingerprint density at radius 2 is 1.94 bits per heavy atom. The van der Waals surface area contributed by atoms with E-state index in [0.717, 1.165) is 32.4 Å². The summed E-state index contributed by atoms with van der Waals surface area (Å²) in [5, 5.41) is 11.2. The minimum atomic E-state index is -0.453. The van der Waals surface area contributed by atoms with Gasteiger partial charge >= 0.3 is 0 Å². The number of aliphatic hydroxyl groups is 1. The van der Waals surface area contributed by atoms with Crippen molar-refractivity contribution < 1.29 is 5.11 Å². The Balaban J connectivity index is 1.90. The number of hydrogen-bond acceptors (Lipinski definition) is 3. The van der Waals surface area contributed by atoms with Crippen LogP contribution in [0.4, 0.5) is 0 Å². The number of piperidine rings is 1. The summed E-state index contributed by atoms with van der Waals surface area (Å²) in [6.07, 6.45) is 6.95. The van der Waals surface area contributed by atoms with Gasteiger partial charge in [0.05, 0.1) is 5.60 Å². The van der Waals surface area contributed by atoms with Crippen molar-refractivity contribution >= 4 is 0 Å². The maximum absolute atomic E-state index is 11.2. The summed E-state index contributed by atoms with van der Waals surface area (Å²) >= 11 is 0. The predicted molar refractivity (Wildman–Crippen MR) is 64.1 cm³/mol. The molecular formula is C13H24N2O. The van der Waals surface area contributed by atoms with Gasteiger partial charge in [-0.2, -0.15) is 0 Å². The first-order valence-corrected chi connectivity index (χ1v) is 6.85. The Morgan fingerprint density at radius 3 is 2.62 bits per heavy atom. The van der Waals surface area contributed by atoms with Crippen LogP contribution in [0.1, 0.15) is 38.5 Å². The van der Waals surface area contributed by atoms with Crippen molar-refractivity contribution in [1.29, 1.82) is 0 Å². The van der Waals surface area contributed by atoms with Gasteiger partial charge in [0.2, 0.25) is 0 Å². The lowest BCUT2D eigenvalue weighted by Crippen LogP contribution is -2.59. The Bertz CT molecular complexity index is 275. The van der Waals surface area contributed by atoms with E-state index >= 15 is 0 Å². The second-order valence-corrected chi connectivity index (χ2v) is 6.15. The van der Waals surface area contributed by atoms with Gasteiger partial charge in [-0.05, 0) is 32.2 Å². The van der Waals surface area contributed by atoms with Gasteiger partial charge in [0.1, 0.15) is 0 Å². The van der Waals surface area contributed by atoms with Crippen LogP contribution in [0.2, 0.25) is 0 Å². The van der Waals surface area contributed by atoms with Crippen LogP contribution in [-0.4, -0.2) is 41.8 Å². The van der Waals surface area contributed by atoms with Gasteiger partial charge in [0, 0.05) is 31.0 Å². The van der Waals surface area contributed by atoms with E-state index in [2.05, 4.69) is 4.90 Å². The Kier molecular flexibility index (Phi) is 2.54. The van der Waals surface area contributed by atoms with E-state index in [1.54, 1.807) is 0 Å². The number of hydrogen-bond donors (Lipinski definition) is 2. The van der Waals surface area contributed by atoms with Crippen LogP contribution in [0.5, 0.6) is 0 Å². The van der Waals surface area contributed by atoms with Crippen LogP contribution in [0.25, 0.3) is 0 Å². The standard InChI is InChI=1S/C13H24N2O/c14-10-12(4-1-2-5-12)13(16)6-8-15-7-3-11(13)9-15/h11,16H,1-10,14H2. The number of nitrogens with zero attached hydrogens (tertiary/aromatic N) is 1. The highest BCUT2D eigenvalue weighted by atomic mass is 16.3. The zero-order chi connectivity index (χ0) is 11.2. The van der Waals surface area contributed by atoms with E-state index in [4.69, 9.17) is 5.73 Å². The molecule has 3 atom stereocenters. The lowest BCUT2D eigenvalue weighted by atomic mass is 9.62. The van der Waals surface area contributed by atoms with Crippen molar-refractivity contribution in [2.24, 2.45) is 17.1 Å². The average Bonchev–Trinajstić information content (AvgIpc) is 2.94. The Morgan fingerprint density at radius 1 is 1.19 bits per heavy atom. The molecule has 92 valence electrons. The van der Waals surface area contributed by atoms with Crippen LogP contribution in [-0.2, 0) is 0 Å². The van der Waals surface area contributed by atoms with Crippen LogP contribution in [0.15, 0.2) is 0 Å². The monoisotopic (exact) mass is 224 g/mol. The van der Waals surface area contributed by atoms with E-state index in [1.807, 2.05) is 0 Å². The van der Waals surface area contributed by atoms with Crippen LogP contribution < -0.4 is 5.73 Å². The zero-order valence-electron chi connectivity index (χ0n) is 10.1. The SMILES string of the molecule is NCC1(C2(O)CCN3CCC2C3)CCCC1. The molecule has 3 N–H and O–H groups in total. The lowest BCUT2D eigenvalue weighted by Gasteiger charge is -2.51. The van der Waals surface area contributed by atoms with Crippen LogP contribution >= 0.6 is 0 Å². The van der Waals surface area contributed by atoms with Gasteiger partial charge in [0.25, 0.3) is 0 Å². The molecular weight excluding hydrogens is 200 g/mol. The number of fused-ring (bicyclic) bond motifs is 2. The van der Waals surface area contributed by atoms with Gasteiger partial charge in [-0.1, -0.05) is 12.8 Å². The summed E-state index contributed by atoms with van der Waals surface area (Å²) < 4.78 is 0. The molecule has 3 nitrogen and oxygen atoms in total. The zero-order valence-corrected chi connectivity index (χ0v) is 10.1. The van der Waals surface area contributed by atoms with Crippen molar-refractivity contribution in [1.82, 2.24) is 4.90 Å². The summed E-state index contributed by atoms with van der Waals surface area (Å²) in [6.45, 7) is 4.06. The van der Waals surface area contributed by atoms with Crippen molar-refractivity contribution in [2.45, 2.75) is 44.1 Å². The van der Waals surface area contributed by atoms with E-state index in [9.17, 15) is 5.11 Å². The van der Waals surface area contributed by atoms with Crippen molar-refractivity contribution in [2.75, 3.05) is 26.2 Å². The summed E-state index contributed by atoms with van der Waals surface area (Å²) in [6, 6.07) is 0. The number of nitrogens with two attached hydrogens (primary N) is 1. The fraction of sp³-hybridized carbons (Fsp3) is 1.00. The summed E-state index contributed by atoms with van der Waals surface area (Å²) in [5.74, 6) is 0.489. The molecule has 2 bridgehead atoms. The molecule has 0 radical (unpaired) electrons. The molecule has 3 fully saturated rings. The third-order valence-electron chi connectivity index (χ3n) is 5.63. The highest BCUT2D eigenvalue weighted by Gasteiger charge is 2.57. The van der Waals surface area contributed by atoms with E-state index in [0.29, 0.717) is 12.5 Å². The van der Waals surface area contributed by atoms with Gasteiger partial charge in [0.15, 0.2) is 0 Å². The molecule has 1 aliphatic carbocycles.